The van der Waals surface area contributed by atoms with E-state index < -0.39 is 12.1 Å². The normalized spacial score (nSPS) is 13.0. The van der Waals surface area contributed by atoms with Crippen LogP contribution in [0.4, 0.5) is 0 Å². The third kappa shape index (κ3) is 33.2. The molecule has 0 aromatic heterocycles. The Hall–Kier alpha value is -3.28. The molecule has 0 aliphatic rings. The molecule has 5 N–H and O–H groups in total. The van der Waals surface area contributed by atoms with E-state index in [4.69, 9.17) is 5.73 Å². The highest BCUT2D eigenvalue weighted by atomic mass is 16.3. The molecule has 0 heterocycles. The molecule has 382 valence electrons. The van der Waals surface area contributed by atoms with E-state index in [1.165, 1.54) is 51.4 Å². The number of rotatable bonds is 44. The second-order valence-corrected chi connectivity index (χ2v) is 18.9. The van der Waals surface area contributed by atoms with Gasteiger partial charge in [0.1, 0.15) is 12.1 Å². The molecule has 0 saturated heterocycles. The zero-order valence-electron chi connectivity index (χ0n) is 43.6. The smallest absolute Gasteiger partial charge is 0.243 e. The van der Waals surface area contributed by atoms with E-state index in [9.17, 15) is 24.3 Å². The zero-order chi connectivity index (χ0) is 49.0. The maximum absolute atomic E-state index is 13.5. The molecular weight excluding hydrogens is 825 g/mol. The lowest BCUT2D eigenvalue weighted by Crippen LogP contribution is -2.54. The zero-order valence-corrected chi connectivity index (χ0v) is 43.6. The van der Waals surface area contributed by atoms with E-state index in [0.29, 0.717) is 52.1 Å². The predicted molar refractivity (Wildman–Crippen MR) is 279 cm³/mol. The average molecular weight is 927 g/mol. The van der Waals surface area contributed by atoms with E-state index in [2.05, 4.69) is 73.1 Å². The summed E-state index contributed by atoms with van der Waals surface area (Å²) < 4.78 is 0. The number of likely N-dealkylation sites (N-methyl/N-ethyl adjacent to an activating group) is 1. The third-order valence-electron chi connectivity index (χ3n) is 12.1. The highest BCUT2D eigenvalue weighted by molar-refractivity contribution is 5.88. The molecule has 0 aromatic rings. The minimum atomic E-state index is -0.672. The summed E-state index contributed by atoms with van der Waals surface area (Å²) in [4.78, 5) is 59.1. The summed E-state index contributed by atoms with van der Waals surface area (Å²) in [5.74, 6) is -0.722. The maximum Gasteiger partial charge on any atom is 0.243 e. The Morgan fingerprint density at radius 2 is 0.848 bits per heavy atom. The summed E-state index contributed by atoms with van der Waals surface area (Å²) in [6.07, 6.45) is 43.5. The second-order valence-electron chi connectivity index (χ2n) is 18.9. The highest BCUT2D eigenvalue weighted by Gasteiger charge is 2.33. The highest BCUT2D eigenvalue weighted by Crippen LogP contribution is 2.17. The molecule has 11 heteroatoms. The summed E-state index contributed by atoms with van der Waals surface area (Å²) in [6, 6.07) is -1.27. The number of nitrogens with two attached hydrogens (primary N) is 1. The van der Waals surface area contributed by atoms with Crippen molar-refractivity contribution in [3.8, 4) is 0 Å². The van der Waals surface area contributed by atoms with Crippen molar-refractivity contribution < 1.29 is 24.3 Å². The molecule has 0 aromatic carbocycles. The Labute approximate surface area is 405 Å². The van der Waals surface area contributed by atoms with Crippen LogP contribution in [0.5, 0.6) is 0 Å². The first kappa shape index (κ1) is 62.7. The van der Waals surface area contributed by atoms with Gasteiger partial charge >= 0.3 is 0 Å². The van der Waals surface area contributed by atoms with Crippen molar-refractivity contribution >= 4 is 23.6 Å². The summed E-state index contributed by atoms with van der Waals surface area (Å²) in [5, 5.41) is 15.9. The van der Waals surface area contributed by atoms with Crippen LogP contribution in [-0.4, -0.2) is 115 Å². The molecule has 0 bridgehead atoms. The first-order valence-electron chi connectivity index (χ1n) is 26.7. The Morgan fingerprint density at radius 3 is 1.20 bits per heavy atom. The molecule has 0 aliphatic heterocycles. The topological polar surface area (TPSA) is 148 Å². The van der Waals surface area contributed by atoms with Crippen LogP contribution in [0.1, 0.15) is 196 Å². The lowest BCUT2D eigenvalue weighted by atomic mass is 10.00. The average Bonchev–Trinajstić information content (AvgIpc) is 3.28. The van der Waals surface area contributed by atoms with Gasteiger partial charge in [0.05, 0.1) is 6.61 Å². The fourth-order valence-corrected chi connectivity index (χ4v) is 8.22. The number of nitrogens with zero attached hydrogens (tertiary/aromatic N) is 3. The number of aliphatic hydroxyl groups excluding tert-OH is 1. The monoisotopic (exact) mass is 927 g/mol. The third-order valence-corrected chi connectivity index (χ3v) is 12.1. The molecule has 0 aliphatic carbocycles. The van der Waals surface area contributed by atoms with E-state index in [0.717, 1.165) is 89.9 Å². The van der Waals surface area contributed by atoms with Gasteiger partial charge in [-0.15, -0.1) is 0 Å². The molecule has 66 heavy (non-hydrogen) atoms. The van der Waals surface area contributed by atoms with Gasteiger partial charge in [0, 0.05) is 58.7 Å². The number of carbonyl (C=O) groups is 4. The Kier molecular flexibility index (Phi) is 42.0. The molecular formula is C55H102N6O5. The molecule has 2 unspecified atom stereocenters. The van der Waals surface area contributed by atoms with Gasteiger partial charge in [-0.2, -0.15) is 0 Å². The van der Waals surface area contributed by atoms with Crippen molar-refractivity contribution in [1.82, 2.24) is 25.3 Å². The van der Waals surface area contributed by atoms with Crippen molar-refractivity contribution in [3.63, 3.8) is 0 Å². The lowest BCUT2D eigenvalue weighted by Gasteiger charge is -2.34. The predicted octanol–water partition coefficient (Wildman–Crippen LogP) is 10.4. The number of aliphatic hydroxyl groups is 1. The Morgan fingerprint density at radius 1 is 0.500 bits per heavy atom. The number of hydrogen-bond acceptors (Lipinski definition) is 7. The number of amides is 4. The van der Waals surface area contributed by atoms with E-state index in [1.54, 1.807) is 9.80 Å². The molecule has 2 atom stereocenters. The van der Waals surface area contributed by atoms with E-state index in [1.807, 2.05) is 39.6 Å². The number of allylic oxidation sites excluding steroid dienone is 8. The quantitative estimate of drug-likeness (QED) is 0.0351. The minimum absolute atomic E-state index is 0.0201. The second kappa shape index (κ2) is 44.2. The Bertz CT molecular complexity index is 1230. The first-order chi connectivity index (χ1) is 32.0. The summed E-state index contributed by atoms with van der Waals surface area (Å²) >= 11 is 0. The first-order valence-corrected chi connectivity index (χ1v) is 26.7. The van der Waals surface area contributed by atoms with E-state index in [-0.39, 0.29) is 48.6 Å². The maximum atomic E-state index is 13.5. The number of nitrogens with one attached hydrogen (secondary N) is 2. The van der Waals surface area contributed by atoms with Gasteiger partial charge in [0.2, 0.25) is 23.6 Å². The van der Waals surface area contributed by atoms with Gasteiger partial charge in [-0.3, -0.25) is 19.2 Å². The van der Waals surface area contributed by atoms with Gasteiger partial charge in [-0.1, -0.05) is 154 Å². The molecule has 0 spiro atoms. The Balaban J connectivity index is 4.70. The summed E-state index contributed by atoms with van der Waals surface area (Å²) in [5.41, 5.74) is 5.94. The molecule has 0 rings (SSSR count). The van der Waals surface area contributed by atoms with Crippen molar-refractivity contribution in [1.29, 1.82) is 0 Å². The van der Waals surface area contributed by atoms with Gasteiger partial charge < -0.3 is 36.2 Å². The fraction of sp³-hybridized carbons (Fsp3) is 0.782. The summed E-state index contributed by atoms with van der Waals surface area (Å²) in [7, 11) is 1.93. The lowest BCUT2D eigenvalue weighted by molar-refractivity contribution is -0.143. The molecule has 0 radical (unpaired) electrons. The molecule has 11 nitrogen and oxygen atoms in total. The van der Waals surface area contributed by atoms with Gasteiger partial charge in [-0.25, -0.2) is 0 Å². The minimum Gasteiger partial charge on any atom is -0.395 e. The fourth-order valence-electron chi connectivity index (χ4n) is 8.22. The van der Waals surface area contributed by atoms with Gasteiger partial charge in [0.25, 0.3) is 0 Å². The molecule has 4 amide bonds. The van der Waals surface area contributed by atoms with Gasteiger partial charge in [0.15, 0.2) is 0 Å². The van der Waals surface area contributed by atoms with Crippen molar-refractivity contribution in [3.05, 3.63) is 48.6 Å². The van der Waals surface area contributed by atoms with Crippen molar-refractivity contribution in [2.45, 2.75) is 208 Å². The van der Waals surface area contributed by atoms with Crippen LogP contribution >= 0.6 is 0 Å². The van der Waals surface area contributed by atoms with E-state index >= 15 is 0 Å². The van der Waals surface area contributed by atoms with Crippen molar-refractivity contribution in [2.24, 2.45) is 17.6 Å². The van der Waals surface area contributed by atoms with Crippen LogP contribution in [0.2, 0.25) is 0 Å². The summed E-state index contributed by atoms with van der Waals surface area (Å²) in [6.45, 7) is 14.7. The number of unbranched alkanes of at least 4 members (excludes halogenated alkanes) is 16. The molecule has 0 fully saturated rings. The van der Waals surface area contributed by atoms with Gasteiger partial charge in [-0.05, 0) is 95.9 Å². The van der Waals surface area contributed by atoms with Crippen LogP contribution in [0.25, 0.3) is 0 Å². The van der Waals surface area contributed by atoms with Crippen LogP contribution in [0.3, 0.4) is 0 Å². The van der Waals surface area contributed by atoms with Crippen LogP contribution in [-0.2, 0) is 19.2 Å². The number of carbonyl (C=O) groups excluding carboxylic acids is 4. The van der Waals surface area contributed by atoms with Crippen LogP contribution in [0.15, 0.2) is 48.6 Å². The number of hydrogen-bond donors (Lipinski definition) is 4. The standard InChI is InChI=1S/C55H102N6O5/c1-8-10-12-14-16-18-20-22-24-26-28-30-32-34-36-38-50(63)60(43-40-56)52(48(3)4)54(65)57-41-44-59(7)45-42-58-55(66)53(49(5)6)61(46-47-62)51(64)39-37-35-33-31-29-27-25-23-21-19-17-15-13-11-9-2/h16-19,22-25,48-49,52-53,62H,8-15,20-21,26-47,56H2,1-7H3,(H,57,65)(H,58,66)/b18-16-,19-17-,24-22-,25-23-. The largest absolute Gasteiger partial charge is 0.395 e. The van der Waals surface area contributed by atoms with Crippen molar-refractivity contribution in [2.75, 3.05) is 59.5 Å². The van der Waals surface area contributed by atoms with Crippen LogP contribution < -0.4 is 16.4 Å². The van der Waals surface area contributed by atoms with Crippen LogP contribution in [0, 0.1) is 11.8 Å². The molecule has 0 saturated carbocycles. The SMILES string of the molecule is CCCCC/C=C\C/C=C\CCCCCCCC(=O)N(CCN)C(C(=O)NCCN(C)CCNC(=O)C(C(C)C)N(CCO)C(=O)CCCCCCC/C=C\C/C=C\CCCCC)C(C)C.